The maximum absolute atomic E-state index is 12.9. The molecule has 3 rings (SSSR count). The number of hydrogen-bond acceptors (Lipinski definition) is 5. The maximum Gasteiger partial charge on any atom is 0.271 e. The van der Waals surface area contributed by atoms with Crippen LogP contribution < -0.4 is 0 Å². The van der Waals surface area contributed by atoms with Gasteiger partial charge in [-0.2, -0.15) is 0 Å². The van der Waals surface area contributed by atoms with Crippen molar-refractivity contribution in [3.05, 3.63) is 63.4 Å². The molecule has 0 unspecified atom stereocenters. The summed E-state index contributed by atoms with van der Waals surface area (Å²) >= 11 is 6.00. The lowest BCUT2D eigenvalue weighted by atomic mass is 10.2. The van der Waals surface area contributed by atoms with E-state index >= 15 is 0 Å². The Bertz CT molecular complexity index is 1040. The lowest BCUT2D eigenvalue weighted by molar-refractivity contribution is -0.385. The summed E-state index contributed by atoms with van der Waals surface area (Å²) in [6.07, 6.45) is 0. The number of nitro groups is 1. The van der Waals surface area contributed by atoms with Crippen LogP contribution in [0.2, 0.25) is 5.28 Å². The van der Waals surface area contributed by atoms with E-state index in [0.717, 1.165) is 10.0 Å². The van der Waals surface area contributed by atoms with E-state index in [2.05, 4.69) is 4.98 Å². The molecule has 0 bridgehead atoms. The number of nitro benzene ring substituents is 1. The first-order valence-corrected chi connectivity index (χ1v) is 8.28. The molecule has 0 amide bonds. The first-order chi connectivity index (χ1) is 10.8. The van der Waals surface area contributed by atoms with Crippen molar-refractivity contribution in [3.8, 4) is 0 Å². The summed E-state index contributed by atoms with van der Waals surface area (Å²) in [7, 11) is -4.12. The van der Waals surface area contributed by atoms with E-state index in [0.29, 0.717) is 16.6 Å². The number of rotatable bonds is 3. The van der Waals surface area contributed by atoms with E-state index in [-0.39, 0.29) is 15.9 Å². The van der Waals surface area contributed by atoms with Gasteiger partial charge >= 0.3 is 0 Å². The zero-order valence-electron chi connectivity index (χ0n) is 11.8. The first-order valence-electron chi connectivity index (χ1n) is 6.46. The lowest BCUT2D eigenvalue weighted by Gasteiger charge is -2.10. The molecule has 0 atom stereocenters. The van der Waals surface area contributed by atoms with Gasteiger partial charge in [0.1, 0.15) is 0 Å². The van der Waals surface area contributed by atoms with E-state index < -0.39 is 14.9 Å². The van der Waals surface area contributed by atoms with Crippen LogP contribution >= 0.6 is 11.6 Å². The Hall–Kier alpha value is -2.45. The van der Waals surface area contributed by atoms with Crippen LogP contribution in [-0.2, 0) is 10.0 Å². The number of fused-ring (bicyclic) bond motifs is 1. The molecule has 0 aliphatic heterocycles. The average Bonchev–Trinajstić information content (AvgIpc) is 2.83. The quantitative estimate of drug-likeness (QED) is 0.533. The molecule has 23 heavy (non-hydrogen) atoms. The molecule has 1 heterocycles. The van der Waals surface area contributed by atoms with Gasteiger partial charge in [-0.25, -0.2) is 17.4 Å². The van der Waals surface area contributed by atoms with E-state index in [9.17, 15) is 18.5 Å². The van der Waals surface area contributed by atoms with E-state index in [4.69, 9.17) is 11.6 Å². The topological polar surface area (TPSA) is 95.1 Å². The summed E-state index contributed by atoms with van der Waals surface area (Å²) in [5, 5.41) is 10.7. The minimum absolute atomic E-state index is 0.184. The Kier molecular flexibility index (Phi) is 3.57. The highest BCUT2D eigenvalue weighted by Gasteiger charge is 2.26. The zero-order valence-corrected chi connectivity index (χ0v) is 13.4. The van der Waals surface area contributed by atoms with Crippen molar-refractivity contribution < 1.29 is 13.3 Å². The van der Waals surface area contributed by atoms with Gasteiger partial charge in [0.05, 0.1) is 20.9 Å². The summed E-state index contributed by atoms with van der Waals surface area (Å²) in [5.41, 5.74) is 0.798. The second-order valence-electron chi connectivity index (χ2n) is 4.85. The molecule has 1 aromatic heterocycles. The van der Waals surface area contributed by atoms with Crippen molar-refractivity contribution in [3.63, 3.8) is 0 Å². The number of aryl methyl sites for hydroxylation is 1. The van der Waals surface area contributed by atoms with Gasteiger partial charge in [-0.15, -0.1) is 0 Å². The molecule has 9 heteroatoms. The van der Waals surface area contributed by atoms with Crippen LogP contribution in [0.25, 0.3) is 11.0 Å². The molecule has 0 aliphatic rings. The zero-order chi connectivity index (χ0) is 16.8. The smallest absolute Gasteiger partial charge is 0.258 e. The molecular formula is C14H10ClN3O4S. The van der Waals surface area contributed by atoms with Gasteiger partial charge in [-0.3, -0.25) is 10.1 Å². The third-order valence-electron chi connectivity index (χ3n) is 3.38. The minimum Gasteiger partial charge on any atom is -0.258 e. The number of aromatic nitrogens is 2. The summed E-state index contributed by atoms with van der Waals surface area (Å²) in [5.74, 6) is 0. The van der Waals surface area contributed by atoms with Gasteiger partial charge in [0.15, 0.2) is 0 Å². The first kappa shape index (κ1) is 15.4. The van der Waals surface area contributed by atoms with E-state index in [1.807, 2.05) is 0 Å². The van der Waals surface area contributed by atoms with Gasteiger partial charge in [0.25, 0.3) is 15.7 Å². The fourth-order valence-electron chi connectivity index (χ4n) is 2.28. The number of benzene rings is 2. The highest BCUT2D eigenvalue weighted by atomic mass is 35.5. The second-order valence-corrected chi connectivity index (χ2v) is 6.94. The number of halogens is 1. The molecule has 0 aliphatic carbocycles. The summed E-state index contributed by atoms with van der Waals surface area (Å²) in [4.78, 5) is 14.1. The Balaban J connectivity index is 2.32. The Morgan fingerprint density at radius 3 is 2.61 bits per heavy atom. The van der Waals surface area contributed by atoms with Crippen LogP contribution in [-0.4, -0.2) is 22.3 Å². The van der Waals surface area contributed by atoms with Crippen molar-refractivity contribution in [2.24, 2.45) is 0 Å². The van der Waals surface area contributed by atoms with Gasteiger partial charge in [0, 0.05) is 12.1 Å². The largest absolute Gasteiger partial charge is 0.271 e. The maximum atomic E-state index is 12.9. The molecule has 2 aromatic carbocycles. The lowest BCUT2D eigenvalue weighted by Crippen LogP contribution is -2.14. The number of nitrogens with zero attached hydrogens (tertiary/aromatic N) is 3. The van der Waals surface area contributed by atoms with Crippen LogP contribution in [0.3, 0.4) is 0 Å². The summed E-state index contributed by atoms with van der Waals surface area (Å²) < 4.78 is 26.8. The highest BCUT2D eigenvalue weighted by molar-refractivity contribution is 7.90. The molecule has 0 spiro atoms. The third kappa shape index (κ3) is 2.45. The van der Waals surface area contributed by atoms with Crippen molar-refractivity contribution in [2.75, 3.05) is 0 Å². The molecule has 0 fully saturated rings. The predicted molar refractivity (Wildman–Crippen MR) is 85.2 cm³/mol. The Labute approximate surface area is 136 Å². The van der Waals surface area contributed by atoms with Crippen molar-refractivity contribution in [1.82, 2.24) is 8.96 Å². The van der Waals surface area contributed by atoms with Crippen LogP contribution in [0.15, 0.2) is 47.4 Å². The second kappa shape index (κ2) is 5.32. The number of imidazole rings is 1. The molecule has 3 aromatic rings. The standard InChI is InChI=1S/C14H10ClN3O4S/c1-9-6-7-10(18(19)20)8-13(9)23(21,22)17-12-5-3-2-4-11(12)16-14(17)15/h2-8H,1H3. The van der Waals surface area contributed by atoms with Crippen LogP contribution in [0.5, 0.6) is 0 Å². The molecule has 118 valence electrons. The van der Waals surface area contributed by atoms with E-state index in [1.54, 1.807) is 31.2 Å². The van der Waals surface area contributed by atoms with Gasteiger partial charge in [-0.05, 0) is 36.2 Å². The highest BCUT2D eigenvalue weighted by Crippen LogP contribution is 2.29. The predicted octanol–water partition coefficient (Wildman–Crippen LogP) is 3.14. The third-order valence-corrected chi connectivity index (χ3v) is 5.58. The monoisotopic (exact) mass is 351 g/mol. The molecule has 0 radical (unpaired) electrons. The molecule has 0 saturated carbocycles. The van der Waals surface area contributed by atoms with E-state index in [1.165, 1.54) is 12.1 Å². The molecule has 0 saturated heterocycles. The fourth-order valence-corrected chi connectivity index (χ4v) is 4.33. The summed E-state index contributed by atoms with van der Waals surface area (Å²) in [6, 6.07) is 10.2. The minimum atomic E-state index is -4.12. The Morgan fingerprint density at radius 2 is 1.91 bits per heavy atom. The SMILES string of the molecule is Cc1ccc([N+](=O)[O-])cc1S(=O)(=O)n1c(Cl)nc2ccccc21. The molecule has 7 nitrogen and oxygen atoms in total. The normalized spacial score (nSPS) is 11.7. The summed E-state index contributed by atoms with van der Waals surface area (Å²) in [6.45, 7) is 1.56. The Morgan fingerprint density at radius 1 is 1.22 bits per heavy atom. The van der Waals surface area contributed by atoms with Crippen LogP contribution in [0.1, 0.15) is 5.56 Å². The van der Waals surface area contributed by atoms with Gasteiger partial charge < -0.3 is 0 Å². The van der Waals surface area contributed by atoms with Crippen molar-refractivity contribution >= 4 is 38.3 Å². The van der Waals surface area contributed by atoms with Crippen molar-refractivity contribution in [1.29, 1.82) is 0 Å². The fraction of sp³-hybridized carbons (Fsp3) is 0.0714. The molecule has 0 N–H and O–H groups in total. The number of non-ortho nitro benzene ring substituents is 1. The molecular weight excluding hydrogens is 342 g/mol. The number of para-hydroxylation sites is 2. The van der Waals surface area contributed by atoms with Crippen LogP contribution in [0.4, 0.5) is 5.69 Å². The van der Waals surface area contributed by atoms with Crippen LogP contribution in [0, 0.1) is 17.0 Å². The van der Waals surface area contributed by atoms with Crippen molar-refractivity contribution in [2.45, 2.75) is 11.8 Å². The van der Waals surface area contributed by atoms with Gasteiger partial charge in [0.2, 0.25) is 5.28 Å². The van der Waals surface area contributed by atoms with Gasteiger partial charge in [-0.1, -0.05) is 18.2 Å². The average molecular weight is 352 g/mol. The number of hydrogen-bond donors (Lipinski definition) is 0.